The van der Waals surface area contributed by atoms with Crippen LogP contribution in [0.5, 0.6) is 0 Å². The average Bonchev–Trinajstić information content (AvgIpc) is 3.16. The van der Waals surface area contributed by atoms with Gasteiger partial charge in [-0.2, -0.15) is 0 Å². The van der Waals surface area contributed by atoms with E-state index in [1.54, 1.807) is 68.5 Å². The lowest BCUT2D eigenvalue weighted by Crippen LogP contribution is -2.54. The number of pyridine rings is 1. The van der Waals surface area contributed by atoms with Gasteiger partial charge in [0.2, 0.25) is 35.4 Å². The summed E-state index contributed by atoms with van der Waals surface area (Å²) in [6, 6.07) is 18.2. The van der Waals surface area contributed by atoms with Crippen LogP contribution in [0.3, 0.4) is 0 Å². The molecule has 2 aliphatic heterocycles. The van der Waals surface area contributed by atoms with Crippen molar-refractivity contribution in [3.8, 4) is 0 Å². The van der Waals surface area contributed by atoms with Crippen molar-refractivity contribution in [2.45, 2.75) is 129 Å². The third kappa shape index (κ3) is 20.7. The van der Waals surface area contributed by atoms with Crippen LogP contribution in [0.15, 0.2) is 114 Å². The van der Waals surface area contributed by atoms with Crippen LogP contribution in [-0.2, 0) is 53.1 Å². The highest BCUT2D eigenvalue weighted by atomic mass is 16.5. The van der Waals surface area contributed by atoms with Crippen LogP contribution in [0.2, 0.25) is 0 Å². The van der Waals surface area contributed by atoms with E-state index in [1.165, 1.54) is 29.4 Å². The molecule has 10 amide bonds. The van der Waals surface area contributed by atoms with Crippen LogP contribution in [0.1, 0.15) is 118 Å². The summed E-state index contributed by atoms with van der Waals surface area (Å²) in [4.78, 5) is 130. The lowest BCUT2D eigenvalue weighted by molar-refractivity contribution is -0.132. The van der Waals surface area contributed by atoms with Gasteiger partial charge >= 0.3 is 12.1 Å². The number of aliphatic hydroxyl groups excluding tert-OH is 1. The first kappa shape index (κ1) is 65.7. The highest BCUT2D eigenvalue weighted by Gasteiger charge is 2.30. The monoisotopic (exact) mass is 1180 g/mol. The van der Waals surface area contributed by atoms with Crippen LogP contribution in [0.25, 0.3) is 6.08 Å². The van der Waals surface area contributed by atoms with E-state index in [9.17, 15) is 48.3 Å². The van der Waals surface area contributed by atoms with Gasteiger partial charge < -0.3 is 68.3 Å². The molecule has 86 heavy (non-hydrogen) atoms. The number of rotatable bonds is 31. The number of aliphatic hydroxyl groups is 1. The summed E-state index contributed by atoms with van der Waals surface area (Å²) in [5, 5.41) is 29.1. The second-order valence-electron chi connectivity index (χ2n) is 21.3. The lowest BCUT2D eigenvalue weighted by atomic mass is 10.0. The zero-order valence-corrected chi connectivity index (χ0v) is 49.1. The number of hydrogen-bond donors (Lipinski definition) is 10. The van der Waals surface area contributed by atoms with Gasteiger partial charge in [0.05, 0.1) is 17.6 Å². The molecule has 12 N–H and O–H groups in total. The second-order valence-corrected chi connectivity index (χ2v) is 21.3. The Morgan fingerprint density at radius 2 is 1.52 bits per heavy atom. The van der Waals surface area contributed by atoms with Gasteiger partial charge in [-0.05, 0) is 104 Å². The van der Waals surface area contributed by atoms with Gasteiger partial charge in [0.25, 0.3) is 5.91 Å². The normalized spacial score (nSPS) is 14.5. The molecule has 0 radical (unpaired) electrons. The molecule has 1 aromatic heterocycles. The molecule has 458 valence electrons. The summed E-state index contributed by atoms with van der Waals surface area (Å²) in [6.07, 6.45) is 9.74. The molecular formula is C62H79N13O11. The Morgan fingerprint density at radius 1 is 0.779 bits per heavy atom. The fourth-order valence-corrected chi connectivity index (χ4v) is 9.51. The van der Waals surface area contributed by atoms with Gasteiger partial charge in [0, 0.05) is 86.6 Å². The quantitative estimate of drug-likeness (QED) is 0.0290. The van der Waals surface area contributed by atoms with Crippen molar-refractivity contribution < 1.29 is 53.0 Å². The maximum absolute atomic E-state index is 13.8. The summed E-state index contributed by atoms with van der Waals surface area (Å²) in [5.41, 5.74) is 16.0. The third-order valence-electron chi connectivity index (χ3n) is 14.0. The number of urea groups is 1. The van der Waals surface area contributed by atoms with Crippen molar-refractivity contribution in [1.82, 2.24) is 41.4 Å². The van der Waals surface area contributed by atoms with Gasteiger partial charge in [0.1, 0.15) is 36.8 Å². The van der Waals surface area contributed by atoms with E-state index in [0.717, 1.165) is 18.4 Å². The van der Waals surface area contributed by atoms with E-state index in [1.807, 2.05) is 49.1 Å². The van der Waals surface area contributed by atoms with E-state index in [2.05, 4.69) is 47.2 Å². The highest BCUT2D eigenvalue weighted by molar-refractivity contribution is 6.08. The van der Waals surface area contributed by atoms with Gasteiger partial charge in [-0.3, -0.25) is 38.5 Å². The van der Waals surface area contributed by atoms with Crippen molar-refractivity contribution in [3.05, 3.63) is 137 Å². The fourth-order valence-electron chi connectivity index (χ4n) is 9.51. The minimum Gasteiger partial charge on any atom is -0.445 e. The number of aliphatic imine (C=N–C) groups is 1. The lowest BCUT2D eigenvalue weighted by Gasteiger charge is -2.25. The first-order valence-corrected chi connectivity index (χ1v) is 29.0. The summed E-state index contributed by atoms with van der Waals surface area (Å²) in [5.74, 6) is -2.97. The number of amides is 10. The number of alkyl carbamates (subject to hydrolysis) is 1. The largest absolute Gasteiger partial charge is 0.445 e. The summed E-state index contributed by atoms with van der Waals surface area (Å²) >= 11 is 0. The number of anilines is 2. The van der Waals surface area contributed by atoms with E-state index in [0.29, 0.717) is 83.8 Å². The summed E-state index contributed by atoms with van der Waals surface area (Å²) < 4.78 is 5.54. The minimum atomic E-state index is -1.09. The van der Waals surface area contributed by atoms with Gasteiger partial charge in [-0.25, -0.2) is 14.6 Å². The maximum Gasteiger partial charge on any atom is 0.408 e. The molecular weight excluding hydrogens is 1100 g/mol. The first-order valence-electron chi connectivity index (χ1n) is 29.0. The Balaban J connectivity index is 1.01. The molecule has 0 bridgehead atoms. The number of nitrogens with one attached hydrogen (secondary N) is 7. The van der Waals surface area contributed by atoms with E-state index < -0.39 is 60.1 Å². The van der Waals surface area contributed by atoms with Crippen molar-refractivity contribution in [3.63, 3.8) is 0 Å². The Hall–Kier alpha value is -9.45. The number of ether oxygens (including phenoxy) is 1. The standard InChI is InChI=1S/C62H79N13O11/c1-5-27-74(28-6-2)60(83)45-32-43-20-21-44(33-49(43)70-51(63)34-45)56(79)69-47-30-42(35-65-37-47)36-67-57(80)50(31-40-14-9-7-10-15-40)72-62(85)86-38-41-18-22-46(23-19-41)68-58(81)48(16-13-26-66-61(64)84)71-59(82)55(39(3)4)73-52(76)17-11-8-12-29-75-53(77)24-25-54(75)78/h7,9-10,14-15,18-25,30,32-33,35,37,39,48,50,53,55,77H,5-6,8,11-13,16-17,26-29,31,34,36,38H2,1-4H3,(H2,63,70)(H,67,80)(H,68,81)(H,69,79)(H,71,82)(H,72,85)(H,73,76)(H3,64,66,84)/t48-,50-,53?,55-/m0/s1. The molecule has 0 fully saturated rings. The molecule has 0 spiro atoms. The zero-order valence-electron chi connectivity index (χ0n) is 49.1. The molecule has 4 aromatic rings. The zero-order chi connectivity index (χ0) is 62.1. The molecule has 2 aliphatic rings. The topological polar surface area (TPSA) is 351 Å². The number of unbranched alkanes of at least 4 members (excludes halogenated alkanes) is 2. The van der Waals surface area contributed by atoms with Crippen LogP contribution in [0.4, 0.5) is 26.7 Å². The number of amidine groups is 1. The number of carbonyl (C=O) groups excluding carboxylic acids is 9. The molecule has 1 unspecified atom stereocenters. The molecule has 0 saturated heterocycles. The number of aromatic nitrogens is 1. The van der Waals surface area contributed by atoms with Crippen molar-refractivity contribution in [2.24, 2.45) is 22.4 Å². The predicted octanol–water partition coefficient (Wildman–Crippen LogP) is 5.20. The molecule has 3 heterocycles. The molecule has 6 rings (SSSR count). The summed E-state index contributed by atoms with van der Waals surface area (Å²) in [7, 11) is 0. The highest BCUT2D eigenvalue weighted by Crippen LogP contribution is 2.29. The van der Waals surface area contributed by atoms with Crippen LogP contribution >= 0.6 is 0 Å². The Morgan fingerprint density at radius 3 is 2.21 bits per heavy atom. The van der Waals surface area contributed by atoms with Crippen molar-refractivity contribution >= 4 is 82.4 Å². The fraction of sp³-hybridized carbons (Fsp3) is 0.403. The van der Waals surface area contributed by atoms with Crippen LogP contribution in [-0.4, -0.2) is 130 Å². The Bertz CT molecular complexity index is 3130. The van der Waals surface area contributed by atoms with Crippen LogP contribution < -0.4 is 48.7 Å². The number of nitrogens with two attached hydrogens (primary N) is 2. The van der Waals surface area contributed by atoms with Gasteiger partial charge in [0.15, 0.2) is 0 Å². The first-order chi connectivity index (χ1) is 41.3. The smallest absolute Gasteiger partial charge is 0.408 e. The molecule has 0 aliphatic carbocycles. The number of carbonyl (C=O) groups is 9. The third-order valence-corrected chi connectivity index (χ3v) is 14.0. The number of primary amides is 1. The molecule has 24 nitrogen and oxygen atoms in total. The van der Waals surface area contributed by atoms with Gasteiger partial charge in [-0.15, -0.1) is 0 Å². The van der Waals surface area contributed by atoms with E-state index in [4.69, 9.17) is 16.2 Å². The maximum atomic E-state index is 13.8. The number of fused-ring (bicyclic) bond motifs is 1. The van der Waals surface area contributed by atoms with E-state index in [-0.39, 0.29) is 81.3 Å². The van der Waals surface area contributed by atoms with Gasteiger partial charge in [-0.1, -0.05) is 82.6 Å². The molecule has 3 aromatic carbocycles. The number of benzene rings is 3. The van der Waals surface area contributed by atoms with Crippen LogP contribution in [0, 0.1) is 5.92 Å². The molecule has 0 saturated carbocycles. The Kier molecular flexibility index (Phi) is 25.3. The Labute approximate surface area is 500 Å². The van der Waals surface area contributed by atoms with Crippen molar-refractivity contribution in [2.75, 3.05) is 36.8 Å². The van der Waals surface area contributed by atoms with E-state index >= 15 is 0 Å². The number of hydrogen-bond acceptors (Lipinski definition) is 14. The molecule has 4 atom stereocenters. The molecule has 24 heteroatoms. The second kappa shape index (κ2) is 33.1. The minimum absolute atomic E-state index is 0.00990. The number of nitrogens with zero attached hydrogens (tertiary/aromatic N) is 4. The summed E-state index contributed by atoms with van der Waals surface area (Å²) in [6.45, 7) is 9.06. The van der Waals surface area contributed by atoms with Crippen molar-refractivity contribution in [1.29, 1.82) is 0 Å². The average molecular weight is 1180 g/mol. The predicted molar refractivity (Wildman–Crippen MR) is 325 cm³/mol. The SMILES string of the molecule is CCCN(CCC)C(=O)C1=Cc2ccc(C(=O)Nc3cncc(CNC(=O)[C@H](Cc4ccccc4)NC(=O)OCc4ccc(NC(=O)[C@H](CCCNC(N)=O)NC(=O)[C@@H](NC(=O)CCCCCN5C(=O)C=CC5O)C(C)C)cc4)c3)cc2N=C(N)C1.